The second kappa shape index (κ2) is 7.90. The van der Waals surface area contributed by atoms with Gasteiger partial charge in [-0.2, -0.15) is 5.10 Å². The molecule has 1 saturated heterocycles. The molecule has 1 aromatic carbocycles. The molecule has 0 spiro atoms. The zero-order chi connectivity index (χ0) is 19.5. The highest BCUT2D eigenvalue weighted by atomic mass is 35.5. The SMILES string of the molecule is O=C(NC1CCCN(C(=O)c2ccco2)C1)c1cc(-n2cccn2)ccc1Cl. The number of carbonyl (C=O) groups excluding carboxylic acids is 2. The van der Waals surface area contributed by atoms with Crippen molar-refractivity contribution in [3.8, 4) is 5.69 Å². The van der Waals surface area contributed by atoms with Crippen LogP contribution < -0.4 is 5.32 Å². The molecule has 1 aliphatic rings. The van der Waals surface area contributed by atoms with E-state index >= 15 is 0 Å². The van der Waals surface area contributed by atoms with Gasteiger partial charge in [0.1, 0.15) is 0 Å². The summed E-state index contributed by atoms with van der Waals surface area (Å²) >= 11 is 6.25. The minimum Gasteiger partial charge on any atom is -0.459 e. The summed E-state index contributed by atoms with van der Waals surface area (Å²) in [5, 5.41) is 7.54. The van der Waals surface area contributed by atoms with Crippen molar-refractivity contribution in [3.63, 3.8) is 0 Å². The molecule has 1 N–H and O–H groups in total. The van der Waals surface area contributed by atoms with Gasteiger partial charge in [0, 0.05) is 31.5 Å². The molecule has 2 aromatic heterocycles. The summed E-state index contributed by atoms with van der Waals surface area (Å²) in [4.78, 5) is 27.0. The van der Waals surface area contributed by atoms with E-state index in [0.717, 1.165) is 18.5 Å². The number of furan rings is 1. The van der Waals surface area contributed by atoms with Crippen molar-refractivity contribution in [2.75, 3.05) is 13.1 Å². The largest absolute Gasteiger partial charge is 0.459 e. The van der Waals surface area contributed by atoms with Crippen LogP contribution in [0.3, 0.4) is 0 Å². The Morgan fingerprint density at radius 2 is 2.14 bits per heavy atom. The molecule has 28 heavy (non-hydrogen) atoms. The standard InChI is InChI=1S/C20H19ClN4O3/c21-17-7-6-15(25-10-3-8-22-25)12-16(17)19(26)23-14-4-1-9-24(13-14)20(27)18-5-2-11-28-18/h2-3,5-8,10-12,14H,1,4,9,13H2,(H,23,26). The van der Waals surface area contributed by atoms with Crippen LogP contribution in [0.2, 0.25) is 5.02 Å². The van der Waals surface area contributed by atoms with Crippen LogP contribution in [0, 0.1) is 0 Å². The lowest BCUT2D eigenvalue weighted by molar-refractivity contribution is 0.0647. The fourth-order valence-electron chi connectivity index (χ4n) is 3.35. The molecular weight excluding hydrogens is 380 g/mol. The lowest BCUT2D eigenvalue weighted by Gasteiger charge is -2.32. The van der Waals surface area contributed by atoms with Crippen molar-refractivity contribution >= 4 is 23.4 Å². The Labute approximate surface area is 166 Å². The number of hydrogen-bond donors (Lipinski definition) is 1. The molecule has 1 atom stereocenters. The van der Waals surface area contributed by atoms with Crippen molar-refractivity contribution in [1.29, 1.82) is 0 Å². The molecule has 0 aliphatic carbocycles. The van der Waals surface area contributed by atoms with Gasteiger partial charge in [-0.15, -0.1) is 0 Å². The molecule has 144 valence electrons. The third-order valence-electron chi connectivity index (χ3n) is 4.74. The van der Waals surface area contributed by atoms with Crippen LogP contribution >= 0.6 is 11.6 Å². The Hall–Kier alpha value is -3.06. The average molecular weight is 399 g/mol. The molecule has 3 heterocycles. The van der Waals surface area contributed by atoms with Crippen LogP contribution in [0.15, 0.2) is 59.5 Å². The first-order valence-electron chi connectivity index (χ1n) is 9.05. The summed E-state index contributed by atoms with van der Waals surface area (Å²) in [6.45, 7) is 1.07. The van der Waals surface area contributed by atoms with Gasteiger partial charge in [0.25, 0.3) is 11.8 Å². The molecule has 0 saturated carbocycles. The normalized spacial score (nSPS) is 16.8. The van der Waals surface area contributed by atoms with Gasteiger partial charge in [-0.05, 0) is 49.2 Å². The quantitative estimate of drug-likeness (QED) is 0.732. The van der Waals surface area contributed by atoms with Crippen molar-refractivity contribution in [2.45, 2.75) is 18.9 Å². The summed E-state index contributed by atoms with van der Waals surface area (Å²) in [7, 11) is 0. The number of benzene rings is 1. The smallest absolute Gasteiger partial charge is 0.289 e. The van der Waals surface area contributed by atoms with E-state index in [1.165, 1.54) is 6.26 Å². The molecule has 0 radical (unpaired) electrons. The number of piperidine rings is 1. The Bertz CT molecular complexity index is 970. The zero-order valence-corrected chi connectivity index (χ0v) is 15.8. The van der Waals surface area contributed by atoms with Crippen LogP contribution in [0.5, 0.6) is 0 Å². The lowest BCUT2D eigenvalue weighted by atomic mass is 10.0. The van der Waals surface area contributed by atoms with Crippen LogP contribution in [0.1, 0.15) is 33.8 Å². The highest BCUT2D eigenvalue weighted by molar-refractivity contribution is 6.33. The number of aromatic nitrogens is 2. The highest BCUT2D eigenvalue weighted by Gasteiger charge is 2.27. The number of nitrogens with one attached hydrogen (secondary N) is 1. The average Bonchev–Trinajstić information content (AvgIpc) is 3.42. The van der Waals surface area contributed by atoms with E-state index in [4.69, 9.17) is 16.0 Å². The minimum atomic E-state index is -0.267. The summed E-state index contributed by atoms with van der Waals surface area (Å²) in [6.07, 6.45) is 6.54. The van der Waals surface area contributed by atoms with Crippen molar-refractivity contribution < 1.29 is 14.0 Å². The number of halogens is 1. The third kappa shape index (κ3) is 3.80. The Kier molecular flexibility index (Phi) is 5.16. The second-order valence-electron chi connectivity index (χ2n) is 6.66. The van der Waals surface area contributed by atoms with Gasteiger partial charge in [0.15, 0.2) is 5.76 Å². The molecule has 3 aromatic rings. The summed E-state index contributed by atoms with van der Waals surface area (Å²) in [5.41, 5.74) is 1.13. The topological polar surface area (TPSA) is 80.4 Å². The Morgan fingerprint density at radius 3 is 2.89 bits per heavy atom. The number of carbonyl (C=O) groups is 2. The molecule has 8 heteroatoms. The lowest BCUT2D eigenvalue weighted by Crippen LogP contribution is -2.49. The van der Waals surface area contributed by atoms with Gasteiger partial charge in [-0.1, -0.05) is 11.6 Å². The number of nitrogens with zero attached hydrogens (tertiary/aromatic N) is 3. The molecule has 1 aliphatic heterocycles. The predicted molar refractivity (Wildman–Crippen MR) is 104 cm³/mol. The number of likely N-dealkylation sites (tertiary alicyclic amines) is 1. The van der Waals surface area contributed by atoms with E-state index in [2.05, 4.69) is 10.4 Å². The van der Waals surface area contributed by atoms with E-state index in [0.29, 0.717) is 29.4 Å². The predicted octanol–water partition coefficient (Wildman–Crippen LogP) is 3.15. The van der Waals surface area contributed by atoms with Crippen LogP contribution in [-0.4, -0.2) is 45.6 Å². The van der Waals surface area contributed by atoms with Gasteiger partial charge in [0.2, 0.25) is 0 Å². The van der Waals surface area contributed by atoms with Crippen molar-refractivity contribution in [2.24, 2.45) is 0 Å². The summed E-state index contributed by atoms with van der Waals surface area (Å²) in [5.74, 6) is -0.124. The van der Waals surface area contributed by atoms with E-state index in [9.17, 15) is 9.59 Å². The zero-order valence-electron chi connectivity index (χ0n) is 15.0. The molecule has 1 unspecified atom stereocenters. The van der Waals surface area contributed by atoms with Crippen LogP contribution in [0.25, 0.3) is 5.69 Å². The fraction of sp³-hybridized carbons (Fsp3) is 0.250. The maximum absolute atomic E-state index is 12.8. The van der Waals surface area contributed by atoms with E-state index in [1.54, 1.807) is 58.4 Å². The summed E-state index contributed by atoms with van der Waals surface area (Å²) in [6, 6.07) is 10.2. The van der Waals surface area contributed by atoms with Crippen molar-refractivity contribution in [3.05, 3.63) is 71.4 Å². The molecule has 1 fully saturated rings. The van der Waals surface area contributed by atoms with Gasteiger partial charge in [-0.3, -0.25) is 9.59 Å². The number of rotatable bonds is 4. The first-order valence-corrected chi connectivity index (χ1v) is 9.43. The molecule has 4 rings (SSSR count). The van der Waals surface area contributed by atoms with E-state index in [-0.39, 0.29) is 17.9 Å². The fourth-order valence-corrected chi connectivity index (χ4v) is 3.55. The van der Waals surface area contributed by atoms with E-state index < -0.39 is 0 Å². The summed E-state index contributed by atoms with van der Waals surface area (Å²) < 4.78 is 6.86. The van der Waals surface area contributed by atoms with Gasteiger partial charge >= 0.3 is 0 Å². The highest BCUT2D eigenvalue weighted by Crippen LogP contribution is 2.21. The maximum Gasteiger partial charge on any atom is 0.289 e. The molecular formula is C20H19ClN4O3. The van der Waals surface area contributed by atoms with Gasteiger partial charge in [-0.25, -0.2) is 4.68 Å². The Balaban J connectivity index is 1.46. The Morgan fingerprint density at radius 1 is 1.25 bits per heavy atom. The first kappa shape index (κ1) is 18.3. The van der Waals surface area contributed by atoms with Crippen LogP contribution in [0.4, 0.5) is 0 Å². The second-order valence-corrected chi connectivity index (χ2v) is 7.06. The monoisotopic (exact) mass is 398 g/mol. The van der Waals surface area contributed by atoms with Gasteiger partial charge < -0.3 is 14.6 Å². The minimum absolute atomic E-state index is 0.149. The van der Waals surface area contributed by atoms with Gasteiger partial charge in [0.05, 0.1) is 22.5 Å². The molecule has 7 nitrogen and oxygen atoms in total. The maximum atomic E-state index is 12.8. The van der Waals surface area contributed by atoms with Crippen molar-refractivity contribution in [1.82, 2.24) is 20.0 Å². The number of hydrogen-bond acceptors (Lipinski definition) is 4. The third-order valence-corrected chi connectivity index (χ3v) is 5.07. The number of amides is 2. The first-order chi connectivity index (χ1) is 13.6. The van der Waals surface area contributed by atoms with E-state index in [1.807, 2.05) is 0 Å². The molecule has 0 bridgehead atoms. The molecule has 2 amide bonds. The van der Waals surface area contributed by atoms with Crippen LogP contribution in [-0.2, 0) is 0 Å².